The number of aliphatic hydroxyl groups excluding tert-OH is 1. The van der Waals surface area contributed by atoms with Crippen LogP contribution in [0.2, 0.25) is 0 Å². The summed E-state index contributed by atoms with van der Waals surface area (Å²) in [4.78, 5) is 19.1. The van der Waals surface area contributed by atoms with Crippen LogP contribution >= 0.6 is 0 Å². The Balaban J connectivity index is 1.62. The molecule has 0 saturated carbocycles. The van der Waals surface area contributed by atoms with Gasteiger partial charge in [-0.25, -0.2) is 0 Å². The van der Waals surface area contributed by atoms with Gasteiger partial charge in [-0.1, -0.05) is 66.7 Å². The Hall–Kier alpha value is -4.88. The van der Waals surface area contributed by atoms with Crippen LogP contribution in [0.5, 0.6) is 17.2 Å². The van der Waals surface area contributed by atoms with Gasteiger partial charge in [-0.2, -0.15) is 10.3 Å². The summed E-state index contributed by atoms with van der Waals surface area (Å²) in [6, 6.07) is 30.5. The second-order valence-electron chi connectivity index (χ2n) is 10.3. The lowest BCUT2D eigenvalue weighted by atomic mass is 9.92. The van der Waals surface area contributed by atoms with Gasteiger partial charge in [0.15, 0.2) is 17.0 Å². The Morgan fingerprint density at radius 2 is 1.65 bits per heavy atom. The van der Waals surface area contributed by atoms with E-state index in [-0.39, 0.29) is 13.2 Å². The van der Waals surface area contributed by atoms with E-state index in [0.717, 1.165) is 11.1 Å². The van der Waals surface area contributed by atoms with Crippen LogP contribution in [0.1, 0.15) is 40.8 Å². The number of carboxylic acid groups (broad SMARTS) is 1. The molecule has 1 aliphatic rings. The molecule has 43 heavy (non-hydrogen) atoms. The zero-order valence-electron chi connectivity index (χ0n) is 23.7. The van der Waals surface area contributed by atoms with Gasteiger partial charge in [0.2, 0.25) is 0 Å². The summed E-state index contributed by atoms with van der Waals surface area (Å²) >= 11 is 0. The minimum absolute atomic E-state index is 0.0503. The van der Waals surface area contributed by atoms with Gasteiger partial charge in [0.25, 0.3) is 0 Å². The van der Waals surface area contributed by atoms with Crippen molar-refractivity contribution in [1.29, 1.82) is 5.26 Å². The van der Waals surface area contributed by atoms with Gasteiger partial charge in [0, 0.05) is 5.56 Å². The summed E-state index contributed by atoms with van der Waals surface area (Å²) in [5, 5.41) is 31.6. The zero-order valence-corrected chi connectivity index (χ0v) is 23.7. The lowest BCUT2D eigenvalue weighted by Crippen LogP contribution is -2.56. The fourth-order valence-corrected chi connectivity index (χ4v) is 4.85. The maximum absolute atomic E-state index is 12.8. The van der Waals surface area contributed by atoms with Gasteiger partial charge in [0.05, 0.1) is 30.9 Å². The molecular formula is C34H32N2O7. The summed E-state index contributed by atoms with van der Waals surface area (Å²) in [5.41, 5.74) is 1.52. The molecule has 220 valence electrons. The van der Waals surface area contributed by atoms with Crippen molar-refractivity contribution >= 4 is 5.97 Å². The van der Waals surface area contributed by atoms with Crippen LogP contribution in [0.4, 0.5) is 0 Å². The number of hydroxylamine groups is 2. The van der Waals surface area contributed by atoms with E-state index < -0.39 is 24.2 Å². The van der Waals surface area contributed by atoms with Crippen LogP contribution < -0.4 is 14.2 Å². The van der Waals surface area contributed by atoms with Crippen molar-refractivity contribution in [3.8, 4) is 23.3 Å². The number of carboxylic acids is 1. The van der Waals surface area contributed by atoms with Gasteiger partial charge >= 0.3 is 5.97 Å². The molecule has 9 nitrogen and oxygen atoms in total. The molecule has 0 radical (unpaired) electrons. The van der Waals surface area contributed by atoms with E-state index in [0.29, 0.717) is 47.2 Å². The summed E-state index contributed by atoms with van der Waals surface area (Å²) in [5.74, 6) is 0.307. The Morgan fingerprint density at radius 3 is 2.40 bits per heavy atom. The molecule has 0 amide bonds. The van der Waals surface area contributed by atoms with E-state index in [9.17, 15) is 20.3 Å². The number of para-hydroxylation sites is 1. The Labute approximate surface area is 250 Å². The number of nitrogens with zero attached hydrogens (tertiary/aromatic N) is 2. The fourth-order valence-electron chi connectivity index (χ4n) is 4.85. The van der Waals surface area contributed by atoms with Crippen molar-refractivity contribution in [3.05, 3.63) is 125 Å². The first-order valence-electron chi connectivity index (χ1n) is 13.8. The van der Waals surface area contributed by atoms with E-state index in [4.69, 9.17) is 19.0 Å². The molecule has 4 aromatic rings. The minimum atomic E-state index is -1.86. The first kappa shape index (κ1) is 29.6. The molecule has 5 rings (SSSR count). The number of benzene rings is 4. The van der Waals surface area contributed by atoms with E-state index in [1.807, 2.05) is 60.7 Å². The molecule has 0 fully saturated rings. The van der Waals surface area contributed by atoms with Crippen LogP contribution in [0.25, 0.3) is 0 Å². The molecule has 0 bridgehead atoms. The molecular weight excluding hydrogens is 548 g/mol. The third-order valence-corrected chi connectivity index (χ3v) is 7.25. The van der Waals surface area contributed by atoms with Crippen molar-refractivity contribution in [2.45, 2.75) is 31.7 Å². The average molecular weight is 581 g/mol. The summed E-state index contributed by atoms with van der Waals surface area (Å²) in [6.07, 6.45) is 0. The molecule has 1 heterocycles. The Kier molecular flexibility index (Phi) is 9.23. The SMILES string of the molecule is CC(CO)(C(=O)O)N(OCc1ccccc1)C(c1ccc2c(c1)OCCO2)c1ccccc1OCc1cccc(C#N)c1. The van der Waals surface area contributed by atoms with Crippen LogP contribution in [-0.2, 0) is 22.8 Å². The van der Waals surface area contributed by atoms with Gasteiger partial charge in [-0.05, 0) is 53.9 Å². The molecule has 0 aliphatic carbocycles. The second kappa shape index (κ2) is 13.4. The van der Waals surface area contributed by atoms with Gasteiger partial charge in [0.1, 0.15) is 25.6 Å². The molecule has 2 N–H and O–H groups in total. The lowest BCUT2D eigenvalue weighted by Gasteiger charge is -2.41. The highest BCUT2D eigenvalue weighted by atomic mass is 16.7. The number of carbonyl (C=O) groups is 1. The predicted octanol–water partition coefficient (Wildman–Crippen LogP) is 5.27. The third kappa shape index (κ3) is 6.63. The highest BCUT2D eigenvalue weighted by Gasteiger charge is 2.46. The monoisotopic (exact) mass is 580 g/mol. The van der Waals surface area contributed by atoms with E-state index in [2.05, 4.69) is 6.07 Å². The number of fused-ring (bicyclic) bond motifs is 1. The predicted molar refractivity (Wildman–Crippen MR) is 157 cm³/mol. The number of hydrogen-bond acceptors (Lipinski definition) is 8. The van der Waals surface area contributed by atoms with Crippen LogP contribution in [0.15, 0.2) is 97.1 Å². The van der Waals surface area contributed by atoms with Crippen molar-refractivity contribution < 1.29 is 34.1 Å². The number of aliphatic hydroxyl groups is 1. The standard InChI is InChI=1S/C34H32N2O7/c1-34(23-37,33(38)39)36(43-22-24-8-3-2-4-9-24)32(27-14-15-30-31(19-27)41-17-16-40-30)28-12-5-6-13-29(28)42-21-26-11-7-10-25(18-26)20-35/h2-15,18-19,32,37H,16-17,21-23H2,1H3,(H,38,39). The van der Waals surface area contributed by atoms with Crippen LogP contribution in [0.3, 0.4) is 0 Å². The number of rotatable bonds is 12. The minimum Gasteiger partial charge on any atom is -0.489 e. The first-order valence-corrected chi connectivity index (χ1v) is 13.8. The normalized spacial score (nSPS) is 14.4. The van der Waals surface area contributed by atoms with Crippen LogP contribution in [0, 0.1) is 11.3 Å². The van der Waals surface area contributed by atoms with Crippen molar-refractivity contribution in [2.24, 2.45) is 0 Å². The topological polar surface area (TPSA) is 121 Å². The molecule has 2 unspecified atom stereocenters. The molecule has 2 atom stereocenters. The summed E-state index contributed by atoms with van der Waals surface area (Å²) < 4.78 is 17.9. The second-order valence-corrected chi connectivity index (χ2v) is 10.3. The van der Waals surface area contributed by atoms with Crippen molar-refractivity contribution in [3.63, 3.8) is 0 Å². The lowest BCUT2D eigenvalue weighted by molar-refractivity contribution is -0.256. The third-order valence-electron chi connectivity index (χ3n) is 7.25. The highest BCUT2D eigenvalue weighted by molar-refractivity contribution is 5.78. The highest BCUT2D eigenvalue weighted by Crippen LogP contribution is 2.42. The first-order chi connectivity index (χ1) is 20.9. The Morgan fingerprint density at radius 1 is 0.930 bits per heavy atom. The smallest absolute Gasteiger partial charge is 0.328 e. The number of nitriles is 1. The molecule has 9 heteroatoms. The quantitative estimate of drug-likeness (QED) is 0.216. The molecule has 0 saturated heterocycles. The maximum Gasteiger partial charge on any atom is 0.328 e. The summed E-state index contributed by atoms with van der Waals surface area (Å²) in [7, 11) is 0. The van der Waals surface area contributed by atoms with Gasteiger partial charge < -0.3 is 24.4 Å². The number of ether oxygens (including phenoxy) is 3. The number of aliphatic carboxylic acids is 1. The molecule has 4 aromatic carbocycles. The maximum atomic E-state index is 12.8. The summed E-state index contributed by atoms with van der Waals surface area (Å²) in [6.45, 7) is 1.70. The fraction of sp³-hybridized carbons (Fsp3) is 0.235. The van der Waals surface area contributed by atoms with Gasteiger partial charge in [-0.3, -0.25) is 9.63 Å². The number of hydrogen-bond donors (Lipinski definition) is 2. The van der Waals surface area contributed by atoms with Crippen LogP contribution in [-0.4, -0.2) is 46.6 Å². The Bertz CT molecular complexity index is 1600. The zero-order chi connectivity index (χ0) is 30.2. The van der Waals surface area contributed by atoms with Gasteiger partial charge in [-0.15, -0.1) is 0 Å². The largest absolute Gasteiger partial charge is 0.489 e. The molecule has 0 aromatic heterocycles. The van der Waals surface area contributed by atoms with Crippen molar-refractivity contribution in [2.75, 3.05) is 19.8 Å². The van der Waals surface area contributed by atoms with E-state index in [1.165, 1.54) is 12.0 Å². The molecule has 1 aliphatic heterocycles. The van der Waals surface area contributed by atoms with E-state index in [1.54, 1.807) is 36.4 Å². The van der Waals surface area contributed by atoms with Crippen molar-refractivity contribution in [1.82, 2.24) is 5.06 Å². The average Bonchev–Trinajstić information content (AvgIpc) is 3.06. The van der Waals surface area contributed by atoms with E-state index >= 15 is 0 Å². The molecule has 0 spiro atoms.